The lowest BCUT2D eigenvalue weighted by molar-refractivity contribution is 0.0495. The van der Waals surface area contributed by atoms with Crippen LogP contribution in [0.2, 0.25) is 0 Å². The smallest absolute Gasteiger partial charge is 0.0304 e. The monoisotopic (exact) mass is 284 g/mol. The SMILES string of the molecule is CCC1(CC)CN(CC2(SC)CC2)C(C(C)C)CN1. The number of hydrogen-bond acceptors (Lipinski definition) is 3. The van der Waals surface area contributed by atoms with Gasteiger partial charge in [0.25, 0.3) is 0 Å². The first-order valence-corrected chi connectivity index (χ1v) is 9.26. The fourth-order valence-electron chi connectivity index (χ4n) is 3.50. The van der Waals surface area contributed by atoms with Crippen molar-refractivity contribution in [3.8, 4) is 0 Å². The highest BCUT2D eigenvalue weighted by Crippen LogP contribution is 2.48. The maximum atomic E-state index is 3.87. The summed E-state index contributed by atoms with van der Waals surface area (Å²) in [6.45, 7) is 13.2. The molecule has 1 saturated carbocycles. The highest BCUT2D eigenvalue weighted by Gasteiger charge is 2.47. The van der Waals surface area contributed by atoms with Crippen molar-refractivity contribution in [1.82, 2.24) is 10.2 Å². The quantitative estimate of drug-likeness (QED) is 0.805. The Morgan fingerprint density at radius 3 is 2.32 bits per heavy atom. The van der Waals surface area contributed by atoms with Crippen molar-refractivity contribution >= 4 is 11.8 Å². The van der Waals surface area contributed by atoms with Crippen molar-refractivity contribution < 1.29 is 0 Å². The standard InChI is InChI=1S/C16H32N2S/c1-6-15(7-2)11-18(12-16(19-5)8-9-16)14(10-17-15)13(3)4/h13-14,17H,6-12H2,1-5H3. The topological polar surface area (TPSA) is 15.3 Å². The van der Waals surface area contributed by atoms with Crippen molar-refractivity contribution in [1.29, 1.82) is 0 Å². The van der Waals surface area contributed by atoms with E-state index in [0.717, 1.165) is 12.0 Å². The van der Waals surface area contributed by atoms with Crippen LogP contribution in [0.1, 0.15) is 53.4 Å². The van der Waals surface area contributed by atoms with E-state index in [4.69, 9.17) is 0 Å². The van der Waals surface area contributed by atoms with Gasteiger partial charge in [-0.15, -0.1) is 0 Å². The minimum Gasteiger partial charge on any atom is -0.308 e. The normalized spacial score (nSPS) is 29.7. The molecule has 1 saturated heterocycles. The first-order chi connectivity index (χ1) is 9.00. The van der Waals surface area contributed by atoms with Crippen molar-refractivity contribution in [2.45, 2.75) is 69.7 Å². The van der Waals surface area contributed by atoms with Crippen molar-refractivity contribution in [3.63, 3.8) is 0 Å². The van der Waals surface area contributed by atoms with Gasteiger partial charge in [-0.25, -0.2) is 0 Å². The third-order valence-electron chi connectivity index (χ3n) is 5.52. The summed E-state index contributed by atoms with van der Waals surface area (Å²) in [6.07, 6.45) is 7.64. The van der Waals surface area contributed by atoms with Gasteiger partial charge in [0.15, 0.2) is 0 Å². The van der Waals surface area contributed by atoms with Gasteiger partial charge < -0.3 is 5.32 Å². The minimum absolute atomic E-state index is 0.361. The lowest BCUT2D eigenvalue weighted by Gasteiger charge is -2.49. The van der Waals surface area contributed by atoms with Crippen LogP contribution in [0.25, 0.3) is 0 Å². The summed E-state index contributed by atoms with van der Waals surface area (Å²) in [6, 6.07) is 0.718. The number of thioether (sulfide) groups is 1. The van der Waals surface area contributed by atoms with E-state index in [0.29, 0.717) is 10.3 Å². The Balaban J connectivity index is 2.08. The number of piperazine rings is 1. The third-order valence-corrected chi connectivity index (χ3v) is 6.92. The number of hydrogen-bond donors (Lipinski definition) is 1. The molecule has 1 N–H and O–H groups in total. The van der Waals surface area contributed by atoms with Crippen LogP contribution < -0.4 is 5.32 Å². The molecule has 2 fully saturated rings. The summed E-state index contributed by atoms with van der Waals surface area (Å²) in [5.41, 5.74) is 0.361. The molecule has 0 amide bonds. The van der Waals surface area contributed by atoms with Crippen LogP contribution in [-0.2, 0) is 0 Å². The van der Waals surface area contributed by atoms with E-state index in [1.807, 2.05) is 0 Å². The lowest BCUT2D eigenvalue weighted by atomic mass is 9.86. The largest absolute Gasteiger partial charge is 0.308 e. The van der Waals surface area contributed by atoms with E-state index >= 15 is 0 Å². The van der Waals surface area contributed by atoms with Gasteiger partial charge in [0.2, 0.25) is 0 Å². The number of rotatable bonds is 6. The molecule has 1 aliphatic heterocycles. The maximum absolute atomic E-state index is 3.87. The van der Waals surface area contributed by atoms with E-state index in [1.165, 1.54) is 45.3 Å². The van der Waals surface area contributed by atoms with Gasteiger partial charge in [-0.3, -0.25) is 4.90 Å². The summed E-state index contributed by atoms with van der Waals surface area (Å²) in [5.74, 6) is 0.747. The number of nitrogens with zero attached hydrogens (tertiary/aromatic N) is 1. The molecule has 3 heteroatoms. The summed E-state index contributed by atoms with van der Waals surface area (Å²) in [4.78, 5) is 2.82. The molecular formula is C16H32N2S. The Kier molecular flexibility index (Phi) is 4.90. The third kappa shape index (κ3) is 3.30. The minimum atomic E-state index is 0.361. The molecule has 0 aromatic carbocycles. The molecule has 19 heavy (non-hydrogen) atoms. The van der Waals surface area contributed by atoms with Crippen LogP contribution in [0.5, 0.6) is 0 Å². The molecule has 0 bridgehead atoms. The second-order valence-electron chi connectivity index (χ2n) is 6.97. The summed E-state index contributed by atoms with van der Waals surface area (Å²) >= 11 is 2.10. The van der Waals surface area contributed by atoms with Crippen LogP contribution >= 0.6 is 11.8 Å². The van der Waals surface area contributed by atoms with E-state index in [-0.39, 0.29) is 0 Å². The lowest BCUT2D eigenvalue weighted by Crippen LogP contribution is -2.65. The molecule has 2 rings (SSSR count). The molecule has 2 aliphatic rings. The van der Waals surface area contributed by atoms with Crippen LogP contribution in [-0.4, -0.2) is 47.1 Å². The second kappa shape index (κ2) is 5.95. The molecular weight excluding hydrogens is 252 g/mol. The average Bonchev–Trinajstić information content (AvgIpc) is 3.18. The van der Waals surface area contributed by atoms with E-state index in [1.54, 1.807) is 0 Å². The van der Waals surface area contributed by atoms with E-state index < -0.39 is 0 Å². The van der Waals surface area contributed by atoms with Crippen molar-refractivity contribution in [2.75, 3.05) is 25.9 Å². The van der Waals surface area contributed by atoms with Gasteiger partial charge in [-0.1, -0.05) is 27.7 Å². The zero-order valence-corrected chi connectivity index (χ0v) is 14.3. The Morgan fingerprint density at radius 2 is 1.89 bits per heavy atom. The van der Waals surface area contributed by atoms with Gasteiger partial charge in [-0.05, 0) is 37.9 Å². The fourth-order valence-corrected chi connectivity index (χ4v) is 4.31. The Hall–Kier alpha value is 0.270. The molecule has 0 aromatic heterocycles. The van der Waals surface area contributed by atoms with E-state index in [2.05, 4.69) is 55.9 Å². The maximum Gasteiger partial charge on any atom is 0.0304 e. The van der Waals surface area contributed by atoms with Crippen molar-refractivity contribution in [3.05, 3.63) is 0 Å². The van der Waals surface area contributed by atoms with Crippen molar-refractivity contribution in [2.24, 2.45) is 5.92 Å². The number of nitrogens with one attached hydrogen (secondary N) is 1. The zero-order chi connectivity index (χ0) is 14.1. The predicted octanol–water partition coefficient (Wildman–Crippen LogP) is 3.37. The molecule has 2 nitrogen and oxygen atoms in total. The van der Waals surface area contributed by atoms with Gasteiger partial charge in [0.05, 0.1) is 0 Å². The Bertz CT molecular complexity index is 295. The van der Waals surface area contributed by atoms with Crippen LogP contribution in [0, 0.1) is 5.92 Å². The van der Waals surface area contributed by atoms with Crippen LogP contribution in [0.4, 0.5) is 0 Å². The summed E-state index contributed by atoms with van der Waals surface area (Å²) in [5, 5.41) is 3.87. The van der Waals surface area contributed by atoms with Gasteiger partial charge in [0.1, 0.15) is 0 Å². The van der Waals surface area contributed by atoms with Gasteiger partial charge >= 0.3 is 0 Å². The first kappa shape index (κ1) is 15.7. The average molecular weight is 285 g/mol. The second-order valence-corrected chi connectivity index (χ2v) is 8.25. The molecule has 112 valence electrons. The zero-order valence-electron chi connectivity index (χ0n) is 13.5. The van der Waals surface area contributed by atoms with Crippen LogP contribution in [0.3, 0.4) is 0 Å². The predicted molar refractivity (Wildman–Crippen MR) is 87.0 cm³/mol. The Morgan fingerprint density at radius 1 is 1.26 bits per heavy atom. The molecule has 1 atom stereocenters. The van der Waals surface area contributed by atoms with Gasteiger partial charge in [-0.2, -0.15) is 11.8 Å². The molecule has 1 heterocycles. The molecule has 0 aromatic rings. The summed E-state index contributed by atoms with van der Waals surface area (Å²) in [7, 11) is 0. The highest BCUT2D eigenvalue weighted by atomic mass is 32.2. The summed E-state index contributed by atoms with van der Waals surface area (Å²) < 4.78 is 0.595. The van der Waals surface area contributed by atoms with Gasteiger partial charge in [0, 0.05) is 36.0 Å². The highest BCUT2D eigenvalue weighted by molar-refractivity contribution is 8.00. The fraction of sp³-hybridized carbons (Fsp3) is 1.00. The molecule has 1 unspecified atom stereocenters. The molecule has 0 spiro atoms. The Labute approximate surface area is 124 Å². The molecule has 0 radical (unpaired) electrons. The molecule has 1 aliphatic carbocycles. The van der Waals surface area contributed by atoms with E-state index in [9.17, 15) is 0 Å². The van der Waals surface area contributed by atoms with Crippen LogP contribution in [0.15, 0.2) is 0 Å². The first-order valence-electron chi connectivity index (χ1n) is 8.04.